The van der Waals surface area contributed by atoms with E-state index in [2.05, 4.69) is 20.4 Å². The van der Waals surface area contributed by atoms with E-state index >= 15 is 0 Å². The van der Waals surface area contributed by atoms with Gasteiger partial charge in [0, 0.05) is 25.6 Å². The van der Waals surface area contributed by atoms with Gasteiger partial charge in [0.1, 0.15) is 0 Å². The fourth-order valence-corrected chi connectivity index (χ4v) is 3.24. The Balaban J connectivity index is 1.64. The zero-order valence-electron chi connectivity index (χ0n) is 15.2. The largest absolute Gasteiger partial charge is 0.481 e. The molecule has 0 bridgehead atoms. The van der Waals surface area contributed by atoms with Crippen molar-refractivity contribution in [1.82, 2.24) is 15.5 Å². The van der Waals surface area contributed by atoms with E-state index in [9.17, 15) is 9.59 Å². The van der Waals surface area contributed by atoms with Crippen LogP contribution in [0.5, 0.6) is 0 Å². The Kier molecular flexibility index (Phi) is 6.35. The summed E-state index contributed by atoms with van der Waals surface area (Å²) in [5.74, 6) is -0.422. The summed E-state index contributed by atoms with van der Waals surface area (Å²) in [4.78, 5) is 25.6. The van der Waals surface area contributed by atoms with Crippen molar-refractivity contribution >= 4 is 17.7 Å². The first-order chi connectivity index (χ1) is 13.1. The van der Waals surface area contributed by atoms with Crippen LogP contribution in [0.25, 0.3) is 0 Å². The molecule has 1 atom stereocenters. The first-order valence-corrected chi connectivity index (χ1v) is 9.27. The van der Waals surface area contributed by atoms with E-state index in [-0.39, 0.29) is 24.1 Å². The van der Waals surface area contributed by atoms with Crippen molar-refractivity contribution < 1.29 is 14.7 Å². The van der Waals surface area contributed by atoms with E-state index in [0.717, 1.165) is 37.3 Å². The third-order valence-corrected chi connectivity index (χ3v) is 4.68. The van der Waals surface area contributed by atoms with Gasteiger partial charge in [-0.1, -0.05) is 30.3 Å². The average Bonchev–Trinajstić information content (AvgIpc) is 3.22. The molecule has 7 heteroatoms. The number of benzene rings is 1. The van der Waals surface area contributed by atoms with Crippen LogP contribution < -0.4 is 10.2 Å². The molecule has 0 aliphatic carbocycles. The maximum absolute atomic E-state index is 12.5. The second kappa shape index (κ2) is 9.12. The van der Waals surface area contributed by atoms with Crippen molar-refractivity contribution in [3.8, 4) is 0 Å². The highest BCUT2D eigenvalue weighted by atomic mass is 16.4. The molecule has 1 fully saturated rings. The summed E-state index contributed by atoms with van der Waals surface area (Å²) >= 11 is 0. The molecular weight excluding hydrogens is 344 g/mol. The van der Waals surface area contributed by atoms with Crippen molar-refractivity contribution in [1.29, 1.82) is 0 Å². The minimum atomic E-state index is -0.878. The van der Waals surface area contributed by atoms with E-state index < -0.39 is 5.97 Å². The Bertz CT molecular complexity index is 759. The highest BCUT2D eigenvalue weighted by molar-refractivity contribution is 5.92. The van der Waals surface area contributed by atoms with Gasteiger partial charge in [-0.05, 0) is 43.4 Å². The van der Waals surface area contributed by atoms with Crippen molar-refractivity contribution in [2.24, 2.45) is 0 Å². The van der Waals surface area contributed by atoms with E-state index in [1.807, 2.05) is 36.4 Å². The number of aliphatic carboxylic acids is 1. The van der Waals surface area contributed by atoms with Crippen LogP contribution in [0.1, 0.15) is 41.7 Å². The number of aromatic nitrogens is 2. The van der Waals surface area contributed by atoms with Crippen LogP contribution in [-0.4, -0.2) is 46.3 Å². The second-order valence-electron chi connectivity index (χ2n) is 6.76. The van der Waals surface area contributed by atoms with Crippen LogP contribution in [0.2, 0.25) is 0 Å². The molecule has 0 radical (unpaired) electrons. The number of hydrogen-bond donors (Lipinski definition) is 2. The first kappa shape index (κ1) is 18.8. The molecule has 1 aromatic heterocycles. The van der Waals surface area contributed by atoms with Crippen molar-refractivity contribution in [3.63, 3.8) is 0 Å². The molecule has 1 aliphatic heterocycles. The Morgan fingerprint density at radius 1 is 1.07 bits per heavy atom. The molecule has 27 heavy (non-hydrogen) atoms. The van der Waals surface area contributed by atoms with Gasteiger partial charge < -0.3 is 15.3 Å². The van der Waals surface area contributed by atoms with Crippen LogP contribution >= 0.6 is 0 Å². The van der Waals surface area contributed by atoms with Gasteiger partial charge in [0.05, 0.1) is 0 Å². The minimum Gasteiger partial charge on any atom is -0.481 e. The lowest BCUT2D eigenvalue weighted by molar-refractivity contribution is -0.137. The zero-order valence-corrected chi connectivity index (χ0v) is 15.2. The van der Waals surface area contributed by atoms with Crippen LogP contribution in [0.15, 0.2) is 42.5 Å². The van der Waals surface area contributed by atoms with E-state index in [1.54, 1.807) is 6.07 Å². The molecule has 3 rings (SSSR count). The number of rotatable bonds is 8. The third kappa shape index (κ3) is 5.51. The summed E-state index contributed by atoms with van der Waals surface area (Å²) in [6.45, 7) is 1.93. The number of nitrogens with one attached hydrogen (secondary N) is 1. The van der Waals surface area contributed by atoms with Crippen molar-refractivity contribution in [3.05, 3.63) is 53.7 Å². The van der Waals surface area contributed by atoms with Gasteiger partial charge in [-0.2, -0.15) is 0 Å². The van der Waals surface area contributed by atoms with Gasteiger partial charge in [0.15, 0.2) is 11.5 Å². The Hall–Kier alpha value is -2.96. The van der Waals surface area contributed by atoms with Crippen LogP contribution in [0, 0.1) is 0 Å². The summed E-state index contributed by atoms with van der Waals surface area (Å²) in [6.07, 6.45) is 3.22. The fraction of sp³-hybridized carbons (Fsp3) is 0.400. The topological polar surface area (TPSA) is 95.4 Å². The number of carbonyl (C=O) groups is 2. The third-order valence-electron chi connectivity index (χ3n) is 4.68. The van der Waals surface area contributed by atoms with E-state index in [4.69, 9.17) is 5.11 Å². The van der Waals surface area contributed by atoms with E-state index in [0.29, 0.717) is 12.8 Å². The van der Waals surface area contributed by atoms with Crippen LogP contribution in [0.4, 0.5) is 5.82 Å². The second-order valence-corrected chi connectivity index (χ2v) is 6.76. The summed E-state index contributed by atoms with van der Waals surface area (Å²) in [5, 5.41) is 20.1. The molecule has 2 aromatic rings. The lowest BCUT2D eigenvalue weighted by Gasteiger charge is -2.18. The van der Waals surface area contributed by atoms with Gasteiger partial charge in [-0.15, -0.1) is 10.2 Å². The smallest absolute Gasteiger partial charge is 0.303 e. The summed E-state index contributed by atoms with van der Waals surface area (Å²) in [5.41, 5.74) is 1.29. The number of carboxylic acid groups (broad SMARTS) is 1. The van der Waals surface area contributed by atoms with Crippen molar-refractivity contribution in [2.45, 2.75) is 38.1 Å². The Morgan fingerprint density at radius 2 is 1.81 bits per heavy atom. The molecule has 142 valence electrons. The minimum absolute atomic E-state index is 0.00262. The number of anilines is 1. The maximum Gasteiger partial charge on any atom is 0.303 e. The lowest BCUT2D eigenvalue weighted by atomic mass is 10.0. The number of nitrogens with zero attached hydrogens (tertiary/aromatic N) is 3. The molecule has 0 spiro atoms. The van der Waals surface area contributed by atoms with E-state index in [1.165, 1.54) is 0 Å². The average molecular weight is 368 g/mol. The quantitative estimate of drug-likeness (QED) is 0.742. The molecule has 2 N–H and O–H groups in total. The molecule has 1 aliphatic rings. The summed E-state index contributed by atoms with van der Waals surface area (Å²) < 4.78 is 0. The number of carbonyl (C=O) groups excluding carboxylic acids is 1. The molecule has 7 nitrogen and oxygen atoms in total. The van der Waals surface area contributed by atoms with Gasteiger partial charge in [-0.25, -0.2) is 0 Å². The molecule has 1 saturated heterocycles. The summed E-state index contributed by atoms with van der Waals surface area (Å²) in [7, 11) is 0. The Morgan fingerprint density at radius 3 is 2.44 bits per heavy atom. The van der Waals surface area contributed by atoms with Crippen molar-refractivity contribution in [2.75, 3.05) is 18.0 Å². The number of hydrogen-bond acceptors (Lipinski definition) is 5. The summed E-state index contributed by atoms with van der Waals surface area (Å²) in [6, 6.07) is 12.9. The fourth-order valence-electron chi connectivity index (χ4n) is 3.24. The SMILES string of the molecule is O=C(O)CCC(Cc1ccccc1)NC(=O)c1ccc(N2CCCC2)nn1. The van der Waals surface area contributed by atoms with Gasteiger partial charge in [0.25, 0.3) is 5.91 Å². The number of carboxylic acids is 1. The lowest BCUT2D eigenvalue weighted by Crippen LogP contribution is -2.37. The Labute approximate surface area is 158 Å². The van der Waals surface area contributed by atoms with Crippen LogP contribution in [0.3, 0.4) is 0 Å². The normalized spacial score (nSPS) is 14.7. The predicted molar refractivity (Wildman–Crippen MR) is 102 cm³/mol. The maximum atomic E-state index is 12.5. The molecule has 2 heterocycles. The zero-order chi connectivity index (χ0) is 19.1. The monoisotopic (exact) mass is 368 g/mol. The molecule has 0 saturated carbocycles. The molecule has 1 aromatic carbocycles. The van der Waals surface area contributed by atoms with Gasteiger partial charge >= 0.3 is 5.97 Å². The highest BCUT2D eigenvalue weighted by Crippen LogP contribution is 2.16. The van der Waals surface area contributed by atoms with Gasteiger partial charge in [-0.3, -0.25) is 9.59 Å². The molecular formula is C20H24N4O3. The number of amides is 1. The predicted octanol–water partition coefficient (Wildman–Crippen LogP) is 2.28. The molecule has 1 unspecified atom stereocenters. The van der Waals surface area contributed by atoms with Crippen LogP contribution in [-0.2, 0) is 11.2 Å². The highest BCUT2D eigenvalue weighted by Gasteiger charge is 2.18. The van der Waals surface area contributed by atoms with Gasteiger partial charge in [0.2, 0.25) is 0 Å². The molecule has 1 amide bonds. The standard InChI is InChI=1S/C20H24N4O3/c25-19(26)11-8-16(14-15-6-2-1-3-7-15)21-20(27)17-9-10-18(23-22-17)24-12-4-5-13-24/h1-3,6-7,9-10,16H,4-5,8,11-14H2,(H,21,27)(H,25,26). The first-order valence-electron chi connectivity index (χ1n) is 9.27.